The molecule has 0 aliphatic rings. The van der Waals surface area contributed by atoms with Gasteiger partial charge in [-0.1, -0.05) is 0 Å². The van der Waals surface area contributed by atoms with Gasteiger partial charge in [0.25, 0.3) is 12.9 Å². The molecule has 0 heterocycles. The zero-order valence-corrected chi connectivity index (χ0v) is 13.0. The average Bonchev–Trinajstić information content (AvgIpc) is 2.36. The Morgan fingerprint density at radius 3 is 1.81 bits per heavy atom. The van der Waals surface area contributed by atoms with Gasteiger partial charge in [-0.2, -0.15) is 4.40 Å². The van der Waals surface area contributed by atoms with Crippen LogP contribution in [0.1, 0.15) is 57.2 Å². The zero-order chi connectivity index (χ0) is 16.4. The Bertz CT molecular complexity index is 538. The van der Waals surface area contributed by atoms with E-state index in [0.717, 1.165) is 18.2 Å². The van der Waals surface area contributed by atoms with E-state index in [2.05, 4.69) is 4.40 Å². The molecule has 118 valence electrons. The highest BCUT2D eigenvalue weighted by atomic mass is 32.2. The fraction of sp³-hybridized carbons (Fsp3) is 0.500. The molecule has 1 unspecified atom stereocenters. The van der Waals surface area contributed by atoms with E-state index >= 15 is 0 Å². The van der Waals surface area contributed by atoms with E-state index in [1.807, 2.05) is 0 Å². The molecule has 7 heteroatoms. The number of benzene rings is 1. The van der Waals surface area contributed by atoms with Crippen molar-refractivity contribution in [2.24, 2.45) is 4.40 Å². The molecular formula is C14H17F4NOS. The van der Waals surface area contributed by atoms with E-state index in [9.17, 15) is 21.8 Å². The Morgan fingerprint density at radius 2 is 1.48 bits per heavy atom. The van der Waals surface area contributed by atoms with E-state index in [0.29, 0.717) is 0 Å². The molecule has 0 aliphatic carbocycles. The summed E-state index contributed by atoms with van der Waals surface area (Å²) in [6, 6.07) is 2.96. The van der Waals surface area contributed by atoms with Gasteiger partial charge in [0.1, 0.15) is 11.0 Å². The summed E-state index contributed by atoms with van der Waals surface area (Å²) >= 11 is 0. The molecule has 0 fully saturated rings. The third kappa shape index (κ3) is 4.91. The van der Waals surface area contributed by atoms with Crippen molar-refractivity contribution < 1.29 is 21.8 Å². The minimum atomic E-state index is -2.86. The largest absolute Gasteiger partial charge is 0.263 e. The van der Waals surface area contributed by atoms with Gasteiger partial charge in [0.15, 0.2) is 0 Å². The Morgan fingerprint density at radius 1 is 1.05 bits per heavy atom. The molecule has 0 aliphatic heterocycles. The van der Waals surface area contributed by atoms with Gasteiger partial charge in [-0.05, 0) is 51.5 Å². The molecule has 0 aromatic heterocycles. The van der Waals surface area contributed by atoms with Crippen molar-refractivity contribution in [2.45, 2.75) is 45.3 Å². The van der Waals surface area contributed by atoms with Crippen molar-refractivity contribution in [1.29, 1.82) is 0 Å². The molecule has 2 nitrogen and oxygen atoms in total. The van der Waals surface area contributed by atoms with Crippen LogP contribution in [0.25, 0.3) is 0 Å². The predicted octanol–water partition coefficient (Wildman–Crippen LogP) is 4.83. The summed E-state index contributed by atoms with van der Waals surface area (Å²) in [6.45, 7) is 6.59. The van der Waals surface area contributed by atoms with Crippen LogP contribution in [0.4, 0.5) is 17.6 Å². The summed E-state index contributed by atoms with van der Waals surface area (Å²) in [5, 5.41) is 0. The van der Waals surface area contributed by atoms with Crippen molar-refractivity contribution in [3.63, 3.8) is 0 Å². The van der Waals surface area contributed by atoms with Gasteiger partial charge in [0.05, 0.1) is 10.5 Å². The highest BCUT2D eigenvalue weighted by molar-refractivity contribution is 7.85. The van der Waals surface area contributed by atoms with Crippen molar-refractivity contribution in [2.75, 3.05) is 0 Å². The molecule has 0 bridgehead atoms. The average molecular weight is 323 g/mol. The summed E-state index contributed by atoms with van der Waals surface area (Å²) in [5.74, 6) is 0. The minimum Gasteiger partial charge on any atom is -0.234 e. The predicted molar refractivity (Wildman–Crippen MR) is 76.5 cm³/mol. The lowest BCUT2D eigenvalue weighted by Crippen LogP contribution is -2.20. The molecule has 21 heavy (non-hydrogen) atoms. The van der Waals surface area contributed by atoms with Crippen LogP contribution >= 0.6 is 0 Å². The van der Waals surface area contributed by atoms with Crippen molar-refractivity contribution in [1.82, 2.24) is 0 Å². The first-order valence-corrected chi connectivity index (χ1v) is 7.32. The van der Waals surface area contributed by atoms with Crippen LogP contribution in [0.3, 0.4) is 0 Å². The third-order valence-corrected chi connectivity index (χ3v) is 4.13. The van der Waals surface area contributed by atoms with Gasteiger partial charge >= 0.3 is 0 Å². The van der Waals surface area contributed by atoms with Gasteiger partial charge in [0.2, 0.25) is 0 Å². The second-order valence-electron chi connectivity index (χ2n) is 5.53. The Labute approximate surface area is 123 Å². The molecule has 0 saturated heterocycles. The van der Waals surface area contributed by atoms with Gasteiger partial charge in [-0.3, -0.25) is 0 Å². The molecule has 1 aromatic carbocycles. The molecule has 0 spiro atoms. The summed E-state index contributed by atoms with van der Waals surface area (Å²) < 4.78 is 66.3. The standard InChI is InChI=1S/C14H17F4NOS/c1-8(19-21(20)14(2,3)4)9-5-10(12(15)16)7-11(6-9)13(17)18/h5-7,12-13H,1-4H3/b19-8+. The summed E-state index contributed by atoms with van der Waals surface area (Å²) in [7, 11) is -1.59. The number of halogens is 4. The van der Waals surface area contributed by atoms with E-state index in [1.54, 1.807) is 20.8 Å². The fourth-order valence-electron chi connectivity index (χ4n) is 1.45. The molecule has 1 rings (SSSR count). The molecule has 0 N–H and O–H groups in total. The monoisotopic (exact) mass is 323 g/mol. The molecule has 0 saturated carbocycles. The van der Waals surface area contributed by atoms with Crippen LogP contribution < -0.4 is 0 Å². The van der Waals surface area contributed by atoms with E-state index in [1.165, 1.54) is 6.92 Å². The second-order valence-corrected chi connectivity index (χ2v) is 7.43. The first-order chi connectivity index (χ1) is 9.52. The second kappa shape index (κ2) is 6.68. The third-order valence-electron chi connectivity index (χ3n) is 2.64. The first-order valence-electron chi connectivity index (χ1n) is 6.21. The van der Waals surface area contributed by atoms with Gasteiger partial charge in [0, 0.05) is 11.1 Å². The van der Waals surface area contributed by atoms with Gasteiger partial charge in [-0.25, -0.2) is 21.8 Å². The Hall–Kier alpha value is -1.24. The quantitative estimate of drug-likeness (QED) is 0.576. The Kier molecular flexibility index (Phi) is 5.67. The van der Waals surface area contributed by atoms with Gasteiger partial charge in [-0.15, -0.1) is 0 Å². The van der Waals surface area contributed by atoms with Crippen LogP contribution in [0.15, 0.2) is 22.6 Å². The summed E-state index contributed by atoms with van der Waals surface area (Å²) in [6.07, 6.45) is -5.72. The lowest BCUT2D eigenvalue weighted by Gasteiger charge is -2.15. The molecule has 0 amide bonds. The molecule has 0 radical (unpaired) electrons. The first kappa shape index (κ1) is 17.8. The van der Waals surface area contributed by atoms with E-state index in [4.69, 9.17) is 0 Å². The lowest BCUT2D eigenvalue weighted by molar-refractivity contribution is 0.144. The maximum atomic E-state index is 12.8. The van der Waals surface area contributed by atoms with E-state index < -0.39 is 39.7 Å². The van der Waals surface area contributed by atoms with Crippen molar-refractivity contribution in [3.05, 3.63) is 34.9 Å². The van der Waals surface area contributed by atoms with Crippen LogP contribution in [0.5, 0.6) is 0 Å². The molecule has 1 atom stereocenters. The van der Waals surface area contributed by atoms with Crippen LogP contribution in [0.2, 0.25) is 0 Å². The fourth-order valence-corrected chi connectivity index (χ4v) is 2.08. The lowest BCUT2D eigenvalue weighted by atomic mass is 10.0. The van der Waals surface area contributed by atoms with Crippen LogP contribution in [-0.2, 0) is 11.0 Å². The number of rotatable bonds is 4. The number of nitrogens with zero attached hydrogens (tertiary/aromatic N) is 1. The topological polar surface area (TPSA) is 29.4 Å². The summed E-state index contributed by atoms with van der Waals surface area (Å²) in [5.41, 5.74) is -0.689. The van der Waals surface area contributed by atoms with Crippen molar-refractivity contribution in [3.8, 4) is 0 Å². The molecular weight excluding hydrogens is 306 g/mol. The highest BCUT2D eigenvalue weighted by Crippen LogP contribution is 2.27. The highest BCUT2D eigenvalue weighted by Gasteiger charge is 2.20. The Balaban J connectivity index is 3.29. The van der Waals surface area contributed by atoms with E-state index in [-0.39, 0.29) is 11.3 Å². The normalized spacial score (nSPS) is 14.9. The maximum absolute atomic E-state index is 12.8. The number of hydrogen-bond acceptors (Lipinski definition) is 1. The number of hydrogen-bond donors (Lipinski definition) is 0. The smallest absolute Gasteiger partial charge is 0.234 e. The number of alkyl halides is 4. The van der Waals surface area contributed by atoms with Crippen molar-refractivity contribution >= 4 is 16.7 Å². The van der Waals surface area contributed by atoms with Gasteiger partial charge < -0.3 is 0 Å². The summed E-state index contributed by atoms with van der Waals surface area (Å²) in [4.78, 5) is 0. The minimum absolute atomic E-state index is 0.126. The van der Waals surface area contributed by atoms with Crippen LogP contribution in [-0.4, -0.2) is 14.7 Å². The van der Waals surface area contributed by atoms with Crippen LogP contribution in [0, 0.1) is 0 Å². The maximum Gasteiger partial charge on any atom is 0.263 e. The molecule has 1 aromatic rings. The SMILES string of the molecule is C/C(=N\S(=O)C(C)(C)C)c1cc(C(F)F)cc(C(F)F)c1. The zero-order valence-electron chi connectivity index (χ0n) is 12.2.